The van der Waals surface area contributed by atoms with Crippen molar-refractivity contribution in [2.24, 2.45) is 17.8 Å². The Hall–Kier alpha value is -1.52. The van der Waals surface area contributed by atoms with Crippen LogP contribution in [0.4, 0.5) is 10.5 Å². The van der Waals surface area contributed by atoms with Crippen LogP contribution in [0.15, 0.2) is 10.8 Å². The molecule has 2 aliphatic carbocycles. The maximum absolute atomic E-state index is 12.6. The Morgan fingerprint density at radius 2 is 1.95 bits per heavy atom. The summed E-state index contributed by atoms with van der Waals surface area (Å²) in [7, 11) is 0. The van der Waals surface area contributed by atoms with Crippen molar-refractivity contribution < 1.29 is 9.32 Å². The number of anilines is 1. The largest absolute Gasteiger partial charge is 0.362 e. The maximum atomic E-state index is 12.6. The van der Waals surface area contributed by atoms with E-state index in [-0.39, 0.29) is 6.03 Å². The predicted molar refractivity (Wildman–Crippen MR) is 74.3 cm³/mol. The average Bonchev–Trinajstić information content (AvgIpc) is 2.69. The molecule has 108 valence electrons. The van der Waals surface area contributed by atoms with Gasteiger partial charge in [-0.3, -0.25) is 0 Å². The number of rotatable bonds is 1. The Labute approximate surface area is 118 Å². The summed E-state index contributed by atoms with van der Waals surface area (Å²) in [6, 6.07) is 0.459. The standard InChI is InChI=1S/C15H21N3O2/c1-9-14(8-20-17-9)16-15(19)18-7-12-3-10-2-11(4-12)6-13(18)5-10/h8,10-13H,2-7H2,1H3,(H,16,19). The molecule has 5 heteroatoms. The minimum atomic E-state index is 0.0227. The van der Waals surface area contributed by atoms with Gasteiger partial charge in [0.05, 0.1) is 0 Å². The first-order chi connectivity index (χ1) is 9.69. The number of nitrogens with one attached hydrogen (secondary N) is 1. The van der Waals surface area contributed by atoms with E-state index in [0.29, 0.717) is 17.6 Å². The topological polar surface area (TPSA) is 58.4 Å². The van der Waals surface area contributed by atoms with Gasteiger partial charge in [0.1, 0.15) is 17.6 Å². The molecule has 5 nitrogen and oxygen atoms in total. The lowest BCUT2D eigenvalue weighted by atomic mass is 9.68. The Bertz CT molecular complexity index is 513. The van der Waals surface area contributed by atoms with E-state index in [1.807, 2.05) is 6.92 Å². The normalized spacial score (nSPS) is 35.1. The van der Waals surface area contributed by atoms with E-state index < -0.39 is 0 Å². The van der Waals surface area contributed by atoms with Crippen LogP contribution in [0, 0.1) is 24.7 Å². The number of urea groups is 1. The number of hydrogen-bond donors (Lipinski definition) is 1. The molecule has 4 aliphatic rings. The van der Waals surface area contributed by atoms with E-state index in [4.69, 9.17) is 4.52 Å². The van der Waals surface area contributed by atoms with Crippen LogP contribution in [-0.4, -0.2) is 28.7 Å². The van der Waals surface area contributed by atoms with Crippen molar-refractivity contribution in [2.75, 3.05) is 11.9 Å². The van der Waals surface area contributed by atoms with Crippen LogP contribution in [-0.2, 0) is 0 Å². The van der Waals surface area contributed by atoms with Gasteiger partial charge < -0.3 is 14.7 Å². The smallest absolute Gasteiger partial charge is 0.322 e. The summed E-state index contributed by atoms with van der Waals surface area (Å²) in [6.07, 6.45) is 7.94. The van der Waals surface area contributed by atoms with Gasteiger partial charge in [0.25, 0.3) is 0 Å². The van der Waals surface area contributed by atoms with Crippen LogP contribution in [0.1, 0.15) is 37.8 Å². The summed E-state index contributed by atoms with van der Waals surface area (Å²) < 4.78 is 4.89. The molecule has 1 aromatic heterocycles. The van der Waals surface area contributed by atoms with Gasteiger partial charge in [0.15, 0.2) is 0 Å². The summed E-state index contributed by atoms with van der Waals surface area (Å²) in [4.78, 5) is 14.7. The molecule has 0 radical (unpaired) electrons. The van der Waals surface area contributed by atoms with Crippen molar-refractivity contribution in [2.45, 2.75) is 45.1 Å². The van der Waals surface area contributed by atoms with Gasteiger partial charge in [-0.1, -0.05) is 5.16 Å². The zero-order chi connectivity index (χ0) is 13.7. The fourth-order valence-electron chi connectivity index (χ4n) is 4.63. The summed E-state index contributed by atoms with van der Waals surface area (Å²) in [6.45, 7) is 2.77. The lowest BCUT2D eigenvalue weighted by Crippen LogP contribution is -2.44. The molecule has 2 atom stereocenters. The maximum Gasteiger partial charge on any atom is 0.322 e. The summed E-state index contributed by atoms with van der Waals surface area (Å²) in [5, 5.41) is 6.77. The van der Waals surface area contributed by atoms with Crippen LogP contribution >= 0.6 is 0 Å². The van der Waals surface area contributed by atoms with E-state index in [1.54, 1.807) is 0 Å². The third-order valence-corrected chi connectivity index (χ3v) is 5.36. The Morgan fingerprint density at radius 3 is 2.60 bits per heavy atom. The molecule has 2 saturated carbocycles. The highest BCUT2D eigenvalue weighted by Crippen LogP contribution is 2.47. The second-order valence-electron chi connectivity index (χ2n) is 6.83. The number of amides is 2. The molecule has 5 rings (SSSR count). The van der Waals surface area contributed by atoms with Crippen molar-refractivity contribution in [3.8, 4) is 0 Å². The van der Waals surface area contributed by atoms with Gasteiger partial charge in [-0.2, -0.15) is 0 Å². The number of aryl methyl sites for hydroxylation is 1. The number of aromatic nitrogens is 1. The van der Waals surface area contributed by atoms with E-state index in [2.05, 4.69) is 15.4 Å². The zero-order valence-corrected chi connectivity index (χ0v) is 11.8. The molecule has 0 spiro atoms. The Balaban J connectivity index is 1.53. The van der Waals surface area contributed by atoms with E-state index in [9.17, 15) is 4.79 Å². The molecule has 2 amide bonds. The molecule has 2 unspecified atom stereocenters. The van der Waals surface area contributed by atoms with Crippen molar-refractivity contribution in [1.29, 1.82) is 0 Å². The first-order valence-electron chi connectivity index (χ1n) is 7.67. The number of hydrogen-bond acceptors (Lipinski definition) is 3. The number of carbonyl (C=O) groups excluding carboxylic acids is 1. The van der Waals surface area contributed by atoms with Gasteiger partial charge in [0.2, 0.25) is 0 Å². The lowest BCUT2D eigenvalue weighted by Gasteiger charge is -2.38. The van der Waals surface area contributed by atoms with E-state index in [1.165, 1.54) is 38.4 Å². The minimum absolute atomic E-state index is 0.0227. The second-order valence-corrected chi connectivity index (χ2v) is 6.83. The fraction of sp³-hybridized carbons (Fsp3) is 0.733. The van der Waals surface area contributed by atoms with Crippen LogP contribution in [0.5, 0.6) is 0 Å². The van der Waals surface area contributed by atoms with Gasteiger partial charge in [-0.05, 0) is 56.8 Å². The third-order valence-electron chi connectivity index (χ3n) is 5.36. The Morgan fingerprint density at radius 1 is 1.25 bits per heavy atom. The highest BCUT2D eigenvalue weighted by molar-refractivity contribution is 5.89. The van der Waals surface area contributed by atoms with Crippen molar-refractivity contribution in [3.05, 3.63) is 12.0 Å². The molecule has 20 heavy (non-hydrogen) atoms. The van der Waals surface area contributed by atoms with Gasteiger partial charge >= 0.3 is 6.03 Å². The number of nitrogens with zero attached hydrogens (tertiary/aromatic N) is 2. The molecular formula is C15H21N3O2. The molecule has 4 bridgehead atoms. The van der Waals surface area contributed by atoms with Crippen LogP contribution in [0.25, 0.3) is 0 Å². The first-order valence-corrected chi connectivity index (χ1v) is 7.67. The van der Waals surface area contributed by atoms with E-state index >= 15 is 0 Å². The molecule has 2 saturated heterocycles. The first kappa shape index (κ1) is 12.2. The number of carbonyl (C=O) groups is 1. The molecule has 0 aromatic carbocycles. The monoisotopic (exact) mass is 275 g/mol. The fourth-order valence-corrected chi connectivity index (χ4v) is 4.63. The van der Waals surface area contributed by atoms with Gasteiger partial charge in [0, 0.05) is 12.6 Å². The predicted octanol–water partition coefficient (Wildman–Crippen LogP) is 3.03. The lowest BCUT2D eigenvalue weighted by molar-refractivity contribution is 0.136. The third kappa shape index (κ3) is 2.00. The SMILES string of the molecule is Cc1nocc1NC(=O)N1CC2CC3CC(C2)CC1C3. The molecule has 2 aliphatic heterocycles. The van der Waals surface area contributed by atoms with Crippen LogP contribution in [0.3, 0.4) is 0 Å². The van der Waals surface area contributed by atoms with Crippen molar-refractivity contribution in [3.63, 3.8) is 0 Å². The minimum Gasteiger partial charge on any atom is -0.362 e. The van der Waals surface area contributed by atoms with Crippen LogP contribution in [0.2, 0.25) is 0 Å². The molecule has 1 aromatic rings. The zero-order valence-electron chi connectivity index (χ0n) is 11.8. The molecule has 4 fully saturated rings. The van der Waals surface area contributed by atoms with Gasteiger partial charge in [-0.25, -0.2) is 4.79 Å². The molecule has 3 heterocycles. The highest BCUT2D eigenvalue weighted by Gasteiger charge is 2.44. The second kappa shape index (κ2) is 4.50. The molecular weight excluding hydrogens is 254 g/mol. The summed E-state index contributed by atoms with van der Waals surface area (Å²) >= 11 is 0. The highest BCUT2D eigenvalue weighted by atomic mass is 16.5. The quantitative estimate of drug-likeness (QED) is 0.857. The molecule has 1 N–H and O–H groups in total. The number of fused-ring (bicyclic) bond motifs is 1. The Kier molecular flexibility index (Phi) is 2.75. The van der Waals surface area contributed by atoms with E-state index in [0.717, 1.165) is 24.1 Å². The van der Waals surface area contributed by atoms with Gasteiger partial charge in [-0.15, -0.1) is 0 Å². The van der Waals surface area contributed by atoms with Crippen molar-refractivity contribution >= 4 is 11.7 Å². The summed E-state index contributed by atoms with van der Waals surface area (Å²) in [5.74, 6) is 2.42. The van der Waals surface area contributed by atoms with Crippen LogP contribution < -0.4 is 5.32 Å². The average molecular weight is 275 g/mol. The summed E-state index contributed by atoms with van der Waals surface area (Å²) in [5.41, 5.74) is 1.43. The van der Waals surface area contributed by atoms with Crippen molar-refractivity contribution in [1.82, 2.24) is 10.1 Å².